The second-order valence-electron chi connectivity index (χ2n) is 4.55. The molecule has 0 atom stereocenters. The van der Waals surface area contributed by atoms with E-state index in [1.165, 1.54) is 0 Å². The van der Waals surface area contributed by atoms with Crippen LogP contribution in [0.2, 0.25) is 0 Å². The number of ether oxygens (including phenoxy) is 2. The number of hydrogen-bond donors (Lipinski definition) is 1. The molecule has 2 rings (SSSR count). The zero-order valence-corrected chi connectivity index (χ0v) is 12.3. The average molecular weight is 328 g/mol. The molecule has 1 aliphatic heterocycles. The first kappa shape index (κ1) is 14.5. The highest BCUT2D eigenvalue weighted by molar-refractivity contribution is 9.10. The molecule has 1 saturated heterocycles. The summed E-state index contributed by atoms with van der Waals surface area (Å²) < 4.78 is 11.7. The summed E-state index contributed by atoms with van der Waals surface area (Å²) in [6.07, 6.45) is 2.10. The molecule has 1 aromatic rings. The summed E-state index contributed by atoms with van der Waals surface area (Å²) in [5.41, 5.74) is 0.971. The lowest BCUT2D eigenvalue weighted by Gasteiger charge is -2.22. The normalized spacial score (nSPS) is 16.3. The fourth-order valence-corrected chi connectivity index (χ4v) is 2.20. The van der Waals surface area contributed by atoms with Crippen molar-refractivity contribution in [1.82, 2.24) is 5.32 Å². The highest BCUT2D eigenvalue weighted by Crippen LogP contribution is 2.11. The molecule has 0 amide bonds. The van der Waals surface area contributed by atoms with Gasteiger partial charge in [0.05, 0.1) is 6.10 Å². The van der Waals surface area contributed by atoms with Gasteiger partial charge in [0, 0.05) is 4.47 Å². The third kappa shape index (κ3) is 5.30. The van der Waals surface area contributed by atoms with Crippen molar-refractivity contribution in [2.45, 2.75) is 25.6 Å². The summed E-state index contributed by atoms with van der Waals surface area (Å²) >= 11 is 3.36. The van der Waals surface area contributed by atoms with Gasteiger partial charge in [0.25, 0.3) is 0 Å². The van der Waals surface area contributed by atoms with E-state index in [1.54, 1.807) is 0 Å². The molecule has 4 nitrogen and oxygen atoms in total. The van der Waals surface area contributed by atoms with Gasteiger partial charge in [-0.15, -0.1) is 0 Å². The Morgan fingerprint density at radius 3 is 2.63 bits per heavy atom. The molecule has 0 saturated carbocycles. The number of rotatable bonds is 5. The van der Waals surface area contributed by atoms with Gasteiger partial charge >= 0.3 is 5.97 Å². The Morgan fingerprint density at radius 1 is 1.26 bits per heavy atom. The van der Waals surface area contributed by atoms with E-state index in [0.29, 0.717) is 6.61 Å². The number of halogens is 1. The molecule has 1 aromatic carbocycles. The van der Waals surface area contributed by atoms with Gasteiger partial charge in [-0.1, -0.05) is 28.1 Å². The number of nitrogens with one attached hydrogen (secondary N) is 1. The molecule has 0 aromatic heterocycles. The molecule has 1 fully saturated rings. The zero-order valence-electron chi connectivity index (χ0n) is 10.7. The molecule has 1 N–H and O–H groups in total. The van der Waals surface area contributed by atoms with Gasteiger partial charge in [-0.2, -0.15) is 0 Å². The molecule has 0 spiro atoms. The molecule has 104 valence electrons. The van der Waals surface area contributed by atoms with Crippen LogP contribution in [0.3, 0.4) is 0 Å². The summed E-state index contributed by atoms with van der Waals surface area (Å²) in [5.74, 6) is -0.304. The van der Waals surface area contributed by atoms with Gasteiger partial charge in [0.15, 0.2) is 0 Å². The SMILES string of the molecule is O=C(COC1CCNCC1)OCc1ccc(Br)cc1. The molecule has 0 unspecified atom stereocenters. The van der Waals surface area contributed by atoms with Gasteiger partial charge in [-0.3, -0.25) is 0 Å². The lowest BCUT2D eigenvalue weighted by Crippen LogP contribution is -2.33. The predicted molar refractivity (Wildman–Crippen MR) is 75.8 cm³/mol. The molecular weight excluding hydrogens is 310 g/mol. The Kier molecular flexibility index (Phi) is 5.82. The van der Waals surface area contributed by atoms with E-state index in [0.717, 1.165) is 36.0 Å². The number of carbonyl (C=O) groups is 1. The first-order chi connectivity index (χ1) is 9.24. The summed E-state index contributed by atoms with van der Waals surface area (Å²) in [7, 11) is 0. The maximum absolute atomic E-state index is 11.6. The van der Waals surface area contributed by atoms with Crippen molar-refractivity contribution < 1.29 is 14.3 Å². The van der Waals surface area contributed by atoms with Crippen LogP contribution in [0.25, 0.3) is 0 Å². The monoisotopic (exact) mass is 327 g/mol. The van der Waals surface area contributed by atoms with Crippen LogP contribution in [-0.4, -0.2) is 31.8 Å². The van der Waals surface area contributed by atoms with Gasteiger partial charge in [-0.05, 0) is 43.6 Å². The maximum atomic E-state index is 11.6. The quantitative estimate of drug-likeness (QED) is 0.843. The average Bonchev–Trinajstić information content (AvgIpc) is 2.45. The van der Waals surface area contributed by atoms with Crippen LogP contribution in [0.1, 0.15) is 18.4 Å². The highest BCUT2D eigenvalue weighted by Gasteiger charge is 2.15. The molecule has 19 heavy (non-hydrogen) atoms. The van der Waals surface area contributed by atoms with Crippen LogP contribution in [0.15, 0.2) is 28.7 Å². The second kappa shape index (κ2) is 7.62. The van der Waals surface area contributed by atoms with Crippen molar-refractivity contribution in [2.24, 2.45) is 0 Å². The van der Waals surface area contributed by atoms with E-state index in [9.17, 15) is 4.79 Å². The van der Waals surface area contributed by atoms with E-state index in [-0.39, 0.29) is 18.7 Å². The Balaban J connectivity index is 1.65. The van der Waals surface area contributed by atoms with Crippen molar-refractivity contribution in [2.75, 3.05) is 19.7 Å². The summed E-state index contributed by atoms with van der Waals surface area (Å²) in [4.78, 5) is 11.6. The summed E-state index contributed by atoms with van der Waals surface area (Å²) in [6, 6.07) is 7.69. The predicted octanol–water partition coefficient (Wildman–Crippen LogP) is 2.26. The smallest absolute Gasteiger partial charge is 0.332 e. The fourth-order valence-electron chi connectivity index (χ4n) is 1.93. The molecule has 5 heteroatoms. The van der Waals surface area contributed by atoms with E-state index >= 15 is 0 Å². The van der Waals surface area contributed by atoms with Gasteiger partial charge < -0.3 is 14.8 Å². The third-order valence-electron chi connectivity index (χ3n) is 3.04. The second-order valence-corrected chi connectivity index (χ2v) is 5.46. The van der Waals surface area contributed by atoms with Crippen LogP contribution in [0, 0.1) is 0 Å². The van der Waals surface area contributed by atoms with Crippen molar-refractivity contribution in [3.63, 3.8) is 0 Å². The topological polar surface area (TPSA) is 47.6 Å². The van der Waals surface area contributed by atoms with Crippen LogP contribution < -0.4 is 5.32 Å². The number of carbonyl (C=O) groups excluding carboxylic acids is 1. The zero-order chi connectivity index (χ0) is 13.5. The minimum atomic E-state index is -0.304. The van der Waals surface area contributed by atoms with Gasteiger partial charge in [-0.25, -0.2) is 4.79 Å². The molecular formula is C14H18BrNO3. The fraction of sp³-hybridized carbons (Fsp3) is 0.500. The highest BCUT2D eigenvalue weighted by atomic mass is 79.9. The van der Waals surface area contributed by atoms with E-state index in [4.69, 9.17) is 9.47 Å². The Morgan fingerprint density at radius 2 is 1.95 bits per heavy atom. The minimum Gasteiger partial charge on any atom is -0.459 e. The first-order valence-electron chi connectivity index (χ1n) is 6.46. The van der Waals surface area contributed by atoms with E-state index in [2.05, 4.69) is 21.2 Å². The maximum Gasteiger partial charge on any atom is 0.332 e. The molecule has 1 aliphatic rings. The van der Waals surface area contributed by atoms with E-state index in [1.807, 2.05) is 24.3 Å². The van der Waals surface area contributed by atoms with Crippen molar-refractivity contribution in [1.29, 1.82) is 0 Å². The molecule has 0 aliphatic carbocycles. The van der Waals surface area contributed by atoms with Crippen LogP contribution in [0.4, 0.5) is 0 Å². The molecule has 0 radical (unpaired) electrons. The van der Waals surface area contributed by atoms with E-state index < -0.39 is 0 Å². The Labute approximate surface area is 121 Å². The number of hydrogen-bond acceptors (Lipinski definition) is 4. The number of piperidine rings is 1. The Hall–Kier alpha value is -0.910. The van der Waals surface area contributed by atoms with Gasteiger partial charge in [0.2, 0.25) is 0 Å². The summed E-state index contributed by atoms with van der Waals surface area (Å²) in [6.45, 7) is 2.25. The van der Waals surface area contributed by atoms with Gasteiger partial charge in [0.1, 0.15) is 13.2 Å². The van der Waals surface area contributed by atoms with Crippen LogP contribution in [0.5, 0.6) is 0 Å². The Bertz CT molecular complexity index is 402. The summed E-state index contributed by atoms with van der Waals surface area (Å²) in [5, 5.41) is 3.25. The third-order valence-corrected chi connectivity index (χ3v) is 3.56. The minimum absolute atomic E-state index is 0.0429. The molecule has 0 bridgehead atoms. The number of benzene rings is 1. The lowest BCUT2D eigenvalue weighted by molar-refractivity contribution is -0.152. The largest absolute Gasteiger partial charge is 0.459 e. The van der Waals surface area contributed by atoms with Crippen molar-refractivity contribution >= 4 is 21.9 Å². The van der Waals surface area contributed by atoms with Crippen molar-refractivity contribution in [3.05, 3.63) is 34.3 Å². The van der Waals surface area contributed by atoms with Crippen LogP contribution >= 0.6 is 15.9 Å². The standard InChI is InChI=1S/C14H18BrNO3/c15-12-3-1-11(2-4-12)9-19-14(17)10-18-13-5-7-16-8-6-13/h1-4,13,16H,5-10H2. The molecule has 1 heterocycles. The number of esters is 1. The lowest BCUT2D eigenvalue weighted by atomic mass is 10.1. The van der Waals surface area contributed by atoms with Crippen LogP contribution in [-0.2, 0) is 20.9 Å². The van der Waals surface area contributed by atoms with Crippen molar-refractivity contribution in [3.8, 4) is 0 Å². The first-order valence-corrected chi connectivity index (χ1v) is 7.26.